The highest BCUT2D eigenvalue weighted by atomic mass is 35.5. The molecule has 5 heteroatoms. The zero-order valence-corrected chi connectivity index (χ0v) is 11.2. The minimum absolute atomic E-state index is 0.00447. The van der Waals surface area contributed by atoms with Crippen molar-refractivity contribution in [2.24, 2.45) is 0 Å². The molecule has 2 rings (SSSR count). The van der Waals surface area contributed by atoms with Crippen LogP contribution in [-0.2, 0) is 12.8 Å². The maximum atomic E-state index is 13.6. The van der Waals surface area contributed by atoms with E-state index >= 15 is 0 Å². The molecule has 0 aliphatic heterocycles. The average molecular weight is 301 g/mol. The summed E-state index contributed by atoms with van der Waals surface area (Å²) in [5, 5.41) is 10.2. The molecule has 0 amide bonds. The number of hydrogen-bond acceptors (Lipinski definition) is 1. The van der Waals surface area contributed by atoms with Crippen LogP contribution in [0.4, 0.5) is 13.2 Å². The van der Waals surface area contributed by atoms with Crippen LogP contribution in [0.3, 0.4) is 0 Å². The number of halogens is 4. The van der Waals surface area contributed by atoms with Crippen molar-refractivity contribution in [1.29, 1.82) is 0 Å². The lowest BCUT2D eigenvalue weighted by Crippen LogP contribution is -2.15. The molecule has 0 radical (unpaired) electrons. The van der Waals surface area contributed by atoms with Gasteiger partial charge in [0.05, 0.1) is 6.10 Å². The summed E-state index contributed by atoms with van der Waals surface area (Å²) in [6, 6.07) is 7.65. The van der Waals surface area contributed by atoms with Gasteiger partial charge in [-0.15, -0.1) is 0 Å². The molecular weight excluding hydrogens is 289 g/mol. The van der Waals surface area contributed by atoms with Crippen LogP contribution < -0.4 is 0 Å². The maximum Gasteiger partial charge on any atom is 0.159 e. The molecule has 2 aromatic carbocycles. The van der Waals surface area contributed by atoms with E-state index in [1.165, 1.54) is 24.3 Å². The Hall–Kier alpha value is -1.52. The van der Waals surface area contributed by atoms with Crippen LogP contribution in [0.25, 0.3) is 0 Å². The van der Waals surface area contributed by atoms with Crippen molar-refractivity contribution < 1.29 is 18.3 Å². The Bertz CT molecular complexity index is 596. The number of aliphatic hydroxyl groups is 1. The highest BCUT2D eigenvalue weighted by molar-refractivity contribution is 6.31. The summed E-state index contributed by atoms with van der Waals surface area (Å²) in [6.07, 6.45) is -0.846. The first kappa shape index (κ1) is 14.9. The topological polar surface area (TPSA) is 20.2 Å². The molecule has 20 heavy (non-hydrogen) atoms. The fourth-order valence-corrected chi connectivity index (χ4v) is 2.21. The van der Waals surface area contributed by atoms with E-state index < -0.39 is 23.6 Å². The van der Waals surface area contributed by atoms with E-state index in [1.54, 1.807) is 0 Å². The molecule has 106 valence electrons. The lowest BCUT2D eigenvalue weighted by atomic mass is 10.0. The summed E-state index contributed by atoms with van der Waals surface area (Å²) in [5.74, 6) is -2.42. The molecule has 0 saturated carbocycles. The minimum atomic E-state index is -0.973. The normalized spacial score (nSPS) is 12.4. The molecule has 0 aromatic heterocycles. The van der Waals surface area contributed by atoms with Crippen LogP contribution >= 0.6 is 11.6 Å². The van der Waals surface area contributed by atoms with Gasteiger partial charge in [0.25, 0.3) is 0 Å². The molecule has 1 N–H and O–H groups in total. The molecule has 0 saturated heterocycles. The summed E-state index contributed by atoms with van der Waals surface area (Å²) in [4.78, 5) is 0. The van der Waals surface area contributed by atoms with Crippen molar-refractivity contribution in [3.63, 3.8) is 0 Å². The monoisotopic (exact) mass is 300 g/mol. The standard InChI is InChI=1S/C15H12ClF3O/c16-12-2-1-3-13(17)11(12)8-10(20)6-9-4-5-14(18)15(19)7-9/h1-5,7,10,20H,6,8H2. The van der Waals surface area contributed by atoms with E-state index in [-0.39, 0.29) is 23.4 Å². The maximum absolute atomic E-state index is 13.6. The second-order valence-electron chi connectivity index (χ2n) is 4.51. The summed E-state index contributed by atoms with van der Waals surface area (Å²) >= 11 is 5.86. The van der Waals surface area contributed by atoms with Crippen LogP contribution in [0, 0.1) is 17.5 Å². The number of rotatable bonds is 4. The predicted octanol–water partition coefficient (Wildman–Crippen LogP) is 3.90. The third-order valence-electron chi connectivity index (χ3n) is 2.96. The van der Waals surface area contributed by atoms with Crippen molar-refractivity contribution in [3.05, 3.63) is 70.0 Å². The quantitative estimate of drug-likeness (QED) is 0.908. The Morgan fingerprint density at radius 1 is 0.950 bits per heavy atom. The van der Waals surface area contributed by atoms with Crippen molar-refractivity contribution in [2.45, 2.75) is 18.9 Å². The first-order valence-corrected chi connectivity index (χ1v) is 6.40. The van der Waals surface area contributed by atoms with Crippen molar-refractivity contribution in [2.75, 3.05) is 0 Å². The van der Waals surface area contributed by atoms with E-state index in [1.807, 2.05) is 0 Å². The highest BCUT2D eigenvalue weighted by Crippen LogP contribution is 2.21. The fourth-order valence-electron chi connectivity index (χ4n) is 1.97. The summed E-state index contributed by atoms with van der Waals surface area (Å²) < 4.78 is 39.4. The Kier molecular flexibility index (Phi) is 4.68. The molecule has 2 aromatic rings. The van der Waals surface area contributed by atoms with Gasteiger partial charge in [0.1, 0.15) is 5.82 Å². The molecular formula is C15H12ClF3O. The van der Waals surface area contributed by atoms with E-state index in [4.69, 9.17) is 11.6 Å². The summed E-state index contributed by atoms with van der Waals surface area (Å²) in [7, 11) is 0. The molecule has 1 atom stereocenters. The van der Waals surface area contributed by atoms with E-state index in [0.29, 0.717) is 5.56 Å². The van der Waals surface area contributed by atoms with Crippen LogP contribution in [0.1, 0.15) is 11.1 Å². The first-order chi connectivity index (χ1) is 9.47. The molecule has 0 fully saturated rings. The summed E-state index contributed by atoms with van der Waals surface area (Å²) in [5.41, 5.74) is 0.646. The second-order valence-corrected chi connectivity index (χ2v) is 4.92. The lowest BCUT2D eigenvalue weighted by Gasteiger charge is -2.13. The predicted molar refractivity (Wildman–Crippen MR) is 71.2 cm³/mol. The molecule has 1 unspecified atom stereocenters. The minimum Gasteiger partial charge on any atom is -0.392 e. The van der Waals surface area contributed by atoms with Crippen LogP contribution in [0.5, 0.6) is 0 Å². The lowest BCUT2D eigenvalue weighted by molar-refractivity contribution is 0.174. The molecule has 1 nitrogen and oxygen atoms in total. The van der Waals surface area contributed by atoms with Gasteiger partial charge in [0.15, 0.2) is 11.6 Å². The van der Waals surface area contributed by atoms with Gasteiger partial charge in [0.2, 0.25) is 0 Å². The molecule has 0 bridgehead atoms. The molecule has 0 heterocycles. The third kappa shape index (κ3) is 3.52. The van der Waals surface area contributed by atoms with Gasteiger partial charge in [0, 0.05) is 17.0 Å². The molecule has 0 aliphatic carbocycles. The van der Waals surface area contributed by atoms with Crippen molar-refractivity contribution in [3.8, 4) is 0 Å². The fraction of sp³-hybridized carbons (Fsp3) is 0.200. The Morgan fingerprint density at radius 3 is 2.35 bits per heavy atom. The smallest absolute Gasteiger partial charge is 0.159 e. The van der Waals surface area contributed by atoms with Gasteiger partial charge < -0.3 is 5.11 Å². The van der Waals surface area contributed by atoms with E-state index in [2.05, 4.69) is 0 Å². The SMILES string of the molecule is OC(Cc1ccc(F)c(F)c1)Cc1c(F)cccc1Cl. The summed E-state index contributed by atoms with van der Waals surface area (Å²) in [6.45, 7) is 0. The zero-order chi connectivity index (χ0) is 14.7. The Balaban J connectivity index is 2.09. The van der Waals surface area contributed by atoms with E-state index in [9.17, 15) is 18.3 Å². The Morgan fingerprint density at radius 2 is 1.70 bits per heavy atom. The number of aliphatic hydroxyl groups excluding tert-OH is 1. The van der Waals surface area contributed by atoms with Crippen LogP contribution in [0.15, 0.2) is 36.4 Å². The van der Waals surface area contributed by atoms with Crippen molar-refractivity contribution in [1.82, 2.24) is 0 Å². The zero-order valence-electron chi connectivity index (χ0n) is 10.4. The number of hydrogen-bond donors (Lipinski definition) is 1. The van der Waals surface area contributed by atoms with Crippen LogP contribution in [-0.4, -0.2) is 11.2 Å². The van der Waals surface area contributed by atoms with Gasteiger partial charge in [-0.3, -0.25) is 0 Å². The largest absolute Gasteiger partial charge is 0.392 e. The van der Waals surface area contributed by atoms with Gasteiger partial charge in [-0.1, -0.05) is 23.7 Å². The third-order valence-corrected chi connectivity index (χ3v) is 3.31. The van der Waals surface area contributed by atoms with Crippen molar-refractivity contribution >= 4 is 11.6 Å². The first-order valence-electron chi connectivity index (χ1n) is 6.02. The number of benzene rings is 2. The van der Waals surface area contributed by atoms with Gasteiger partial charge in [-0.05, 0) is 36.2 Å². The second kappa shape index (κ2) is 6.29. The van der Waals surface area contributed by atoms with Gasteiger partial charge >= 0.3 is 0 Å². The average Bonchev–Trinajstić information content (AvgIpc) is 2.38. The Labute approximate surface area is 119 Å². The molecule has 0 spiro atoms. The van der Waals surface area contributed by atoms with Gasteiger partial charge in [-0.2, -0.15) is 0 Å². The molecule has 0 aliphatic rings. The van der Waals surface area contributed by atoms with Gasteiger partial charge in [-0.25, -0.2) is 13.2 Å². The van der Waals surface area contributed by atoms with Crippen LogP contribution in [0.2, 0.25) is 5.02 Å². The highest BCUT2D eigenvalue weighted by Gasteiger charge is 2.14. The van der Waals surface area contributed by atoms with E-state index in [0.717, 1.165) is 12.1 Å².